The van der Waals surface area contributed by atoms with E-state index in [1.165, 1.54) is 0 Å². The average molecular weight is 312 g/mol. The summed E-state index contributed by atoms with van der Waals surface area (Å²) in [5.41, 5.74) is 6.96. The highest BCUT2D eigenvalue weighted by molar-refractivity contribution is 7.88. The van der Waals surface area contributed by atoms with Gasteiger partial charge in [0, 0.05) is 11.6 Å². The number of nitrogens with two attached hydrogens (primary N) is 1. The average Bonchev–Trinajstić information content (AvgIpc) is 3.06. The predicted octanol–water partition coefficient (Wildman–Crippen LogP) is 1.93. The summed E-state index contributed by atoms with van der Waals surface area (Å²) < 4.78 is 27.0. The van der Waals surface area contributed by atoms with Gasteiger partial charge in [0.2, 0.25) is 10.0 Å². The molecule has 4 nitrogen and oxygen atoms in total. The van der Waals surface area contributed by atoms with Crippen LogP contribution in [0.15, 0.2) is 24.3 Å². The maximum Gasteiger partial charge on any atom is 0.216 e. The predicted molar refractivity (Wildman–Crippen MR) is 84.9 cm³/mol. The Hall–Kier alpha value is -0.980. The van der Waals surface area contributed by atoms with E-state index in [0.717, 1.165) is 19.3 Å². The minimum absolute atomic E-state index is 0.0290. The number of thiocarbonyl (C=S) groups is 1. The lowest BCUT2D eigenvalue weighted by Gasteiger charge is -2.07. The van der Waals surface area contributed by atoms with Crippen molar-refractivity contribution in [3.63, 3.8) is 0 Å². The number of benzene rings is 1. The Balaban J connectivity index is 1.98. The van der Waals surface area contributed by atoms with Crippen molar-refractivity contribution >= 4 is 27.2 Å². The van der Waals surface area contributed by atoms with Gasteiger partial charge in [-0.3, -0.25) is 0 Å². The van der Waals surface area contributed by atoms with E-state index in [2.05, 4.69) is 11.6 Å². The second-order valence-electron chi connectivity index (χ2n) is 5.33. The topological polar surface area (TPSA) is 72.2 Å². The first-order chi connectivity index (χ1) is 9.41. The fraction of sp³-hybridized carbons (Fsp3) is 0.500. The smallest absolute Gasteiger partial charge is 0.216 e. The van der Waals surface area contributed by atoms with Crippen molar-refractivity contribution < 1.29 is 8.42 Å². The van der Waals surface area contributed by atoms with Crippen LogP contribution in [0, 0.1) is 5.92 Å². The zero-order valence-electron chi connectivity index (χ0n) is 11.5. The Morgan fingerprint density at radius 2 is 2.25 bits per heavy atom. The zero-order chi connectivity index (χ0) is 14.8. The SMILES string of the molecule is CCCC1CC1NS(=O)(=O)Cc1cccc(C(N)=S)c1. The molecule has 1 aromatic rings. The summed E-state index contributed by atoms with van der Waals surface area (Å²) in [6.45, 7) is 2.12. The van der Waals surface area contributed by atoms with Gasteiger partial charge in [0.05, 0.1) is 5.75 Å². The van der Waals surface area contributed by atoms with Gasteiger partial charge in [0.15, 0.2) is 0 Å². The first-order valence-electron chi connectivity index (χ1n) is 6.80. The molecule has 20 heavy (non-hydrogen) atoms. The summed E-state index contributed by atoms with van der Waals surface area (Å²) in [4.78, 5) is 0.280. The molecule has 0 saturated heterocycles. The summed E-state index contributed by atoms with van der Waals surface area (Å²) >= 11 is 4.90. The standard InChI is InChI=1S/C14H20N2O2S2/c1-2-4-11-8-13(11)16-20(17,18)9-10-5-3-6-12(7-10)14(15)19/h3,5-7,11,13,16H,2,4,8-9H2,1H3,(H2,15,19). The van der Waals surface area contributed by atoms with Crippen LogP contribution in [0.25, 0.3) is 0 Å². The molecule has 1 aliphatic rings. The van der Waals surface area contributed by atoms with E-state index < -0.39 is 10.0 Å². The molecule has 110 valence electrons. The molecule has 2 rings (SSSR count). The highest BCUT2D eigenvalue weighted by atomic mass is 32.2. The van der Waals surface area contributed by atoms with Crippen LogP contribution in [0.5, 0.6) is 0 Å². The van der Waals surface area contributed by atoms with Crippen LogP contribution in [0.3, 0.4) is 0 Å². The molecule has 0 amide bonds. The van der Waals surface area contributed by atoms with Gasteiger partial charge in [-0.05, 0) is 30.4 Å². The van der Waals surface area contributed by atoms with Crippen LogP contribution in [0.4, 0.5) is 0 Å². The Kier molecular flexibility index (Phi) is 4.78. The van der Waals surface area contributed by atoms with Crippen molar-refractivity contribution in [1.29, 1.82) is 0 Å². The lowest BCUT2D eigenvalue weighted by Crippen LogP contribution is -2.28. The molecule has 3 N–H and O–H groups in total. The van der Waals surface area contributed by atoms with Gasteiger partial charge in [0.1, 0.15) is 4.99 Å². The number of sulfonamides is 1. The quantitative estimate of drug-likeness (QED) is 0.755. The lowest BCUT2D eigenvalue weighted by atomic mass is 10.1. The minimum Gasteiger partial charge on any atom is -0.389 e. The third-order valence-electron chi connectivity index (χ3n) is 3.48. The Morgan fingerprint density at radius 1 is 1.50 bits per heavy atom. The number of rotatable bonds is 7. The summed E-state index contributed by atoms with van der Waals surface area (Å²) in [5.74, 6) is 0.483. The fourth-order valence-corrected chi connectivity index (χ4v) is 3.97. The molecule has 1 saturated carbocycles. The van der Waals surface area contributed by atoms with E-state index in [4.69, 9.17) is 18.0 Å². The number of hydrogen-bond acceptors (Lipinski definition) is 3. The summed E-state index contributed by atoms with van der Waals surface area (Å²) in [6, 6.07) is 7.19. The molecule has 0 heterocycles. The van der Waals surface area contributed by atoms with Crippen molar-refractivity contribution in [2.75, 3.05) is 0 Å². The van der Waals surface area contributed by atoms with Crippen LogP contribution >= 0.6 is 12.2 Å². The van der Waals surface area contributed by atoms with Crippen molar-refractivity contribution in [3.8, 4) is 0 Å². The summed E-state index contributed by atoms with van der Waals surface area (Å²) in [5, 5.41) is 0. The second kappa shape index (κ2) is 6.20. The van der Waals surface area contributed by atoms with Crippen LogP contribution < -0.4 is 10.5 Å². The first kappa shape index (κ1) is 15.4. The Morgan fingerprint density at radius 3 is 2.90 bits per heavy atom. The minimum atomic E-state index is -3.30. The van der Waals surface area contributed by atoms with Crippen LogP contribution in [0.2, 0.25) is 0 Å². The van der Waals surface area contributed by atoms with Crippen molar-refractivity contribution in [2.24, 2.45) is 11.7 Å². The van der Waals surface area contributed by atoms with E-state index in [0.29, 0.717) is 17.0 Å². The van der Waals surface area contributed by atoms with E-state index in [-0.39, 0.29) is 16.8 Å². The summed E-state index contributed by atoms with van der Waals surface area (Å²) in [7, 11) is -3.30. The third-order valence-corrected chi connectivity index (χ3v) is 5.09. The molecule has 0 bridgehead atoms. The molecule has 2 atom stereocenters. The molecule has 0 radical (unpaired) electrons. The van der Waals surface area contributed by atoms with Gasteiger partial charge in [-0.15, -0.1) is 0 Å². The number of nitrogens with one attached hydrogen (secondary N) is 1. The van der Waals surface area contributed by atoms with Crippen LogP contribution in [-0.4, -0.2) is 19.4 Å². The largest absolute Gasteiger partial charge is 0.389 e. The van der Waals surface area contributed by atoms with Gasteiger partial charge in [-0.2, -0.15) is 0 Å². The van der Waals surface area contributed by atoms with E-state index in [1.807, 2.05) is 0 Å². The molecular weight excluding hydrogens is 292 g/mol. The van der Waals surface area contributed by atoms with Crippen molar-refractivity contribution in [1.82, 2.24) is 4.72 Å². The first-order valence-corrected chi connectivity index (χ1v) is 8.86. The van der Waals surface area contributed by atoms with Gasteiger partial charge in [-0.25, -0.2) is 13.1 Å². The molecule has 0 aromatic heterocycles. The molecular formula is C14H20N2O2S2. The van der Waals surface area contributed by atoms with Crippen molar-refractivity contribution in [3.05, 3.63) is 35.4 Å². The lowest BCUT2D eigenvalue weighted by molar-refractivity contribution is 0.572. The van der Waals surface area contributed by atoms with Crippen LogP contribution in [-0.2, 0) is 15.8 Å². The maximum absolute atomic E-state index is 12.1. The second-order valence-corrected chi connectivity index (χ2v) is 7.53. The van der Waals surface area contributed by atoms with Crippen molar-refractivity contribution in [2.45, 2.75) is 38.0 Å². The maximum atomic E-state index is 12.1. The van der Waals surface area contributed by atoms with E-state index in [1.54, 1.807) is 24.3 Å². The van der Waals surface area contributed by atoms with E-state index in [9.17, 15) is 8.42 Å². The molecule has 0 aliphatic heterocycles. The monoisotopic (exact) mass is 312 g/mol. The van der Waals surface area contributed by atoms with Gasteiger partial charge in [0.25, 0.3) is 0 Å². The highest BCUT2D eigenvalue weighted by Gasteiger charge is 2.38. The van der Waals surface area contributed by atoms with Gasteiger partial charge in [-0.1, -0.05) is 43.8 Å². The molecule has 1 fully saturated rings. The highest BCUT2D eigenvalue weighted by Crippen LogP contribution is 2.35. The molecule has 1 aromatic carbocycles. The zero-order valence-corrected chi connectivity index (χ0v) is 13.1. The van der Waals surface area contributed by atoms with Gasteiger partial charge >= 0.3 is 0 Å². The van der Waals surface area contributed by atoms with E-state index >= 15 is 0 Å². The molecule has 0 spiro atoms. The Labute approximate surface area is 125 Å². The molecule has 6 heteroatoms. The normalized spacial score (nSPS) is 21.6. The van der Waals surface area contributed by atoms with Crippen LogP contribution in [0.1, 0.15) is 37.3 Å². The molecule has 1 aliphatic carbocycles. The number of hydrogen-bond donors (Lipinski definition) is 2. The molecule has 2 unspecified atom stereocenters. The Bertz CT molecular complexity index is 599. The fourth-order valence-electron chi connectivity index (χ4n) is 2.39. The summed E-state index contributed by atoms with van der Waals surface area (Å²) in [6.07, 6.45) is 3.14. The third kappa shape index (κ3) is 4.26. The van der Waals surface area contributed by atoms with Gasteiger partial charge < -0.3 is 5.73 Å².